The Bertz CT molecular complexity index is 537. The van der Waals surface area contributed by atoms with E-state index in [2.05, 4.69) is 4.98 Å². The molecule has 0 aliphatic rings. The molecule has 6 heteroatoms. The van der Waals surface area contributed by atoms with Gasteiger partial charge in [-0.2, -0.15) is 0 Å². The van der Waals surface area contributed by atoms with Crippen molar-refractivity contribution in [1.29, 1.82) is 0 Å². The number of methoxy groups -OCH3 is 1. The number of nitrogens with zero attached hydrogens (tertiary/aromatic N) is 1. The lowest BCUT2D eigenvalue weighted by molar-refractivity contribution is 0.0696. The summed E-state index contributed by atoms with van der Waals surface area (Å²) < 4.78 is 5.77. The van der Waals surface area contributed by atoms with Gasteiger partial charge in [-0.25, -0.2) is 9.78 Å². The van der Waals surface area contributed by atoms with Crippen LogP contribution >= 0.6 is 22.9 Å². The molecule has 0 amide bonds. The van der Waals surface area contributed by atoms with E-state index in [1.165, 1.54) is 7.11 Å². The van der Waals surface area contributed by atoms with Crippen LogP contribution in [0.1, 0.15) is 9.80 Å². The quantitative estimate of drug-likeness (QED) is 0.881. The van der Waals surface area contributed by atoms with E-state index in [1.807, 2.05) is 0 Å². The molecule has 1 heterocycles. The van der Waals surface area contributed by atoms with E-state index in [0.717, 1.165) is 11.3 Å². The van der Waals surface area contributed by atoms with Crippen molar-refractivity contribution in [1.82, 2.24) is 4.98 Å². The highest BCUT2D eigenvalue weighted by Gasteiger charge is 2.14. The van der Waals surface area contributed by atoms with E-state index in [1.54, 1.807) is 12.1 Å². The second-order valence-corrected chi connectivity index (χ2v) is 4.25. The first kappa shape index (κ1) is 10.2. The van der Waals surface area contributed by atoms with Crippen LogP contribution in [-0.4, -0.2) is 23.2 Å². The van der Waals surface area contributed by atoms with Gasteiger partial charge < -0.3 is 9.84 Å². The van der Waals surface area contributed by atoms with Gasteiger partial charge in [-0.15, -0.1) is 11.3 Å². The van der Waals surface area contributed by atoms with Crippen molar-refractivity contribution in [2.24, 2.45) is 0 Å². The Hall–Kier alpha value is -1.33. The van der Waals surface area contributed by atoms with Crippen molar-refractivity contribution < 1.29 is 14.6 Å². The van der Waals surface area contributed by atoms with Crippen molar-refractivity contribution in [2.75, 3.05) is 7.11 Å². The largest absolute Gasteiger partial charge is 0.494 e. The Balaban J connectivity index is 2.74. The molecule has 1 aromatic carbocycles. The summed E-state index contributed by atoms with van der Waals surface area (Å²) in [5, 5.41) is 9.33. The fourth-order valence-electron chi connectivity index (χ4n) is 1.21. The second kappa shape index (κ2) is 3.67. The third-order valence-corrected chi connectivity index (χ3v) is 3.04. The number of halogens is 1. The van der Waals surface area contributed by atoms with Gasteiger partial charge in [0.05, 0.1) is 11.8 Å². The number of carboxylic acids is 1. The topological polar surface area (TPSA) is 59.4 Å². The predicted octanol–water partition coefficient (Wildman–Crippen LogP) is 2.66. The standard InChI is InChI=1S/C9H6ClNO3S/c1-14-5-2-4(10)3-6-7(5)11-8(15-6)9(12)13/h2-3H,1H3,(H,12,13). The van der Waals surface area contributed by atoms with E-state index >= 15 is 0 Å². The Kier molecular flexibility index (Phi) is 2.50. The molecule has 0 aliphatic carbocycles. The fraction of sp³-hybridized carbons (Fsp3) is 0.111. The van der Waals surface area contributed by atoms with Crippen LogP contribution in [0, 0.1) is 0 Å². The van der Waals surface area contributed by atoms with Crippen molar-refractivity contribution in [3.8, 4) is 5.75 Å². The molecule has 0 fully saturated rings. The fourth-order valence-corrected chi connectivity index (χ4v) is 2.35. The maximum Gasteiger partial charge on any atom is 0.365 e. The smallest absolute Gasteiger partial charge is 0.365 e. The van der Waals surface area contributed by atoms with Crippen molar-refractivity contribution >= 4 is 39.1 Å². The third-order valence-electron chi connectivity index (χ3n) is 1.83. The third kappa shape index (κ3) is 1.75. The number of rotatable bonds is 2. The number of aromatic carboxylic acids is 1. The van der Waals surface area contributed by atoms with Crippen LogP contribution < -0.4 is 4.74 Å². The predicted molar refractivity (Wildman–Crippen MR) is 58.1 cm³/mol. The lowest BCUT2D eigenvalue weighted by atomic mass is 10.3. The SMILES string of the molecule is COc1cc(Cl)cc2sc(C(=O)O)nc12. The van der Waals surface area contributed by atoms with E-state index in [-0.39, 0.29) is 5.01 Å². The number of benzene rings is 1. The van der Waals surface area contributed by atoms with Crippen LogP contribution in [0.3, 0.4) is 0 Å². The van der Waals surface area contributed by atoms with Gasteiger partial charge in [0.1, 0.15) is 11.3 Å². The van der Waals surface area contributed by atoms with Gasteiger partial charge in [-0.05, 0) is 6.07 Å². The van der Waals surface area contributed by atoms with E-state index in [4.69, 9.17) is 21.4 Å². The minimum atomic E-state index is -1.05. The number of hydrogen-bond acceptors (Lipinski definition) is 4. The summed E-state index contributed by atoms with van der Waals surface area (Å²) in [5.74, 6) is -0.560. The van der Waals surface area contributed by atoms with Gasteiger partial charge in [0.25, 0.3) is 0 Å². The van der Waals surface area contributed by atoms with Crippen molar-refractivity contribution in [3.63, 3.8) is 0 Å². The van der Waals surface area contributed by atoms with Gasteiger partial charge >= 0.3 is 5.97 Å². The number of carboxylic acid groups (broad SMARTS) is 1. The zero-order valence-electron chi connectivity index (χ0n) is 7.65. The molecule has 0 atom stereocenters. The lowest BCUT2D eigenvalue weighted by Gasteiger charge is -2.00. The van der Waals surface area contributed by atoms with Crippen LogP contribution in [-0.2, 0) is 0 Å². The van der Waals surface area contributed by atoms with E-state index in [9.17, 15) is 4.79 Å². The van der Waals surface area contributed by atoms with Crippen LogP contribution in [0.4, 0.5) is 0 Å². The first-order valence-electron chi connectivity index (χ1n) is 3.99. The van der Waals surface area contributed by atoms with Crippen molar-refractivity contribution in [3.05, 3.63) is 22.2 Å². The maximum absolute atomic E-state index is 10.7. The summed E-state index contributed by atoms with van der Waals surface area (Å²) in [5.41, 5.74) is 0.532. The lowest BCUT2D eigenvalue weighted by Crippen LogP contribution is -1.93. The van der Waals surface area contributed by atoms with Gasteiger partial charge in [0, 0.05) is 11.1 Å². The summed E-state index contributed by atoms with van der Waals surface area (Å²) in [6.07, 6.45) is 0. The summed E-state index contributed by atoms with van der Waals surface area (Å²) in [6, 6.07) is 3.28. The Morgan fingerprint density at radius 1 is 1.60 bits per heavy atom. The zero-order valence-corrected chi connectivity index (χ0v) is 9.22. The first-order valence-corrected chi connectivity index (χ1v) is 5.18. The highest BCUT2D eigenvalue weighted by molar-refractivity contribution is 7.20. The van der Waals surface area contributed by atoms with Gasteiger partial charge in [0.15, 0.2) is 0 Å². The number of carbonyl (C=O) groups is 1. The monoisotopic (exact) mass is 243 g/mol. The Morgan fingerprint density at radius 3 is 2.93 bits per heavy atom. The maximum atomic E-state index is 10.7. The molecule has 1 N–H and O–H groups in total. The molecule has 4 nitrogen and oxygen atoms in total. The summed E-state index contributed by atoms with van der Waals surface area (Å²) in [4.78, 5) is 14.7. The highest BCUT2D eigenvalue weighted by Crippen LogP contribution is 2.33. The molecule has 15 heavy (non-hydrogen) atoms. The molecule has 0 saturated carbocycles. The molecule has 0 radical (unpaired) electrons. The second-order valence-electron chi connectivity index (χ2n) is 2.78. The number of aromatic nitrogens is 1. The van der Waals surface area contributed by atoms with Crippen LogP contribution in [0.2, 0.25) is 5.02 Å². The normalized spacial score (nSPS) is 10.5. The minimum absolute atomic E-state index is 0.0329. The Morgan fingerprint density at radius 2 is 2.33 bits per heavy atom. The molecule has 1 aromatic heterocycles. The summed E-state index contributed by atoms with van der Waals surface area (Å²) in [7, 11) is 1.49. The number of ether oxygens (including phenoxy) is 1. The average Bonchev–Trinajstić information content (AvgIpc) is 2.59. The molecule has 0 spiro atoms. The van der Waals surface area contributed by atoms with Gasteiger partial charge in [-0.3, -0.25) is 0 Å². The molecular formula is C9H6ClNO3S. The molecule has 0 bridgehead atoms. The average molecular weight is 244 g/mol. The van der Waals surface area contributed by atoms with Crippen LogP contribution in [0.15, 0.2) is 12.1 Å². The highest BCUT2D eigenvalue weighted by atomic mass is 35.5. The van der Waals surface area contributed by atoms with E-state index < -0.39 is 5.97 Å². The zero-order chi connectivity index (χ0) is 11.0. The molecule has 78 valence electrons. The number of hydrogen-bond donors (Lipinski definition) is 1. The molecule has 0 aliphatic heterocycles. The minimum Gasteiger partial charge on any atom is -0.494 e. The Labute approximate surface area is 94.1 Å². The van der Waals surface area contributed by atoms with Crippen molar-refractivity contribution in [2.45, 2.75) is 0 Å². The van der Waals surface area contributed by atoms with E-state index in [0.29, 0.717) is 21.0 Å². The molecule has 2 aromatic rings. The van der Waals surface area contributed by atoms with Gasteiger partial charge in [-0.1, -0.05) is 11.6 Å². The summed E-state index contributed by atoms with van der Waals surface area (Å²) >= 11 is 6.92. The molecular weight excluding hydrogens is 238 g/mol. The number of fused-ring (bicyclic) bond motifs is 1. The van der Waals surface area contributed by atoms with Crippen LogP contribution in [0.25, 0.3) is 10.2 Å². The molecule has 2 rings (SSSR count). The van der Waals surface area contributed by atoms with Gasteiger partial charge in [0.2, 0.25) is 5.01 Å². The summed E-state index contributed by atoms with van der Waals surface area (Å²) in [6.45, 7) is 0. The first-order chi connectivity index (χ1) is 7.11. The number of thiazole rings is 1. The molecule has 0 unspecified atom stereocenters. The van der Waals surface area contributed by atoms with Crippen LogP contribution in [0.5, 0.6) is 5.75 Å². The molecule has 0 saturated heterocycles.